The topological polar surface area (TPSA) is 70.7 Å². The van der Waals surface area contributed by atoms with E-state index in [-0.39, 0.29) is 0 Å². The Labute approximate surface area is 196 Å². The summed E-state index contributed by atoms with van der Waals surface area (Å²) >= 11 is 0. The summed E-state index contributed by atoms with van der Waals surface area (Å²) in [6.07, 6.45) is 0. The normalized spacial score (nSPS) is 16.9. The smallest absolute Gasteiger partial charge is 0.161 e. The molecule has 2 aromatic carbocycles. The lowest BCUT2D eigenvalue weighted by atomic mass is 10.2. The van der Waals surface area contributed by atoms with Crippen LogP contribution in [0.4, 0.5) is 11.4 Å². The van der Waals surface area contributed by atoms with Crippen LogP contribution in [0.2, 0.25) is 0 Å². The molecule has 0 aliphatic carbocycles. The van der Waals surface area contributed by atoms with Crippen molar-refractivity contribution in [1.29, 1.82) is 0 Å². The van der Waals surface area contributed by atoms with Crippen LogP contribution in [-0.2, 0) is 25.5 Å². The van der Waals surface area contributed by atoms with E-state index in [9.17, 15) is 0 Å². The zero-order chi connectivity index (χ0) is 23.1. The third-order valence-corrected chi connectivity index (χ3v) is 4.97. The Morgan fingerprint density at radius 1 is 0.636 bits per heavy atom. The Hall–Kier alpha value is -2.52. The van der Waals surface area contributed by atoms with Gasteiger partial charge < -0.3 is 38.6 Å². The summed E-state index contributed by atoms with van der Waals surface area (Å²) < 4.78 is 34.0. The van der Waals surface area contributed by atoms with Crippen molar-refractivity contribution in [3.63, 3.8) is 0 Å². The molecular weight excluding hydrogens is 424 g/mol. The van der Waals surface area contributed by atoms with Gasteiger partial charge in [0.2, 0.25) is 0 Å². The van der Waals surface area contributed by atoms with Crippen LogP contribution in [-0.4, -0.2) is 80.2 Å². The molecule has 3 rings (SSSR count). The predicted octanol–water partition coefficient (Wildman–Crippen LogP) is 3.20. The Morgan fingerprint density at radius 3 is 1.70 bits per heavy atom. The van der Waals surface area contributed by atoms with Crippen molar-refractivity contribution in [2.45, 2.75) is 6.54 Å². The van der Waals surface area contributed by atoms with Crippen molar-refractivity contribution in [1.82, 2.24) is 0 Å². The number of ether oxygens (including phenoxy) is 6. The number of rotatable bonds is 4. The van der Waals surface area contributed by atoms with Crippen LogP contribution in [0.15, 0.2) is 42.5 Å². The van der Waals surface area contributed by atoms with Gasteiger partial charge in [-0.15, -0.1) is 0 Å². The summed E-state index contributed by atoms with van der Waals surface area (Å²) in [6, 6.07) is 14.3. The Kier molecular flexibility index (Phi) is 11.1. The fourth-order valence-corrected chi connectivity index (χ4v) is 3.16. The van der Waals surface area contributed by atoms with Crippen LogP contribution in [0.5, 0.6) is 11.5 Å². The molecule has 182 valence electrons. The molecule has 0 aromatic heterocycles. The van der Waals surface area contributed by atoms with Gasteiger partial charge in [-0.3, -0.25) is 0 Å². The van der Waals surface area contributed by atoms with Gasteiger partial charge in [-0.25, -0.2) is 0 Å². The second kappa shape index (κ2) is 14.6. The molecule has 0 unspecified atom stereocenters. The highest BCUT2D eigenvalue weighted by Crippen LogP contribution is 2.29. The molecule has 33 heavy (non-hydrogen) atoms. The van der Waals surface area contributed by atoms with Crippen LogP contribution in [0.1, 0.15) is 5.56 Å². The van der Waals surface area contributed by atoms with Crippen LogP contribution in [0.3, 0.4) is 0 Å². The summed E-state index contributed by atoms with van der Waals surface area (Å²) in [5.74, 6) is 1.39. The average Bonchev–Trinajstić information content (AvgIpc) is 2.83. The van der Waals surface area contributed by atoms with Gasteiger partial charge >= 0.3 is 0 Å². The molecule has 1 aliphatic rings. The molecule has 0 saturated carbocycles. The van der Waals surface area contributed by atoms with Gasteiger partial charge in [-0.05, 0) is 42.0 Å². The summed E-state index contributed by atoms with van der Waals surface area (Å²) in [6.45, 7) is 5.71. The van der Waals surface area contributed by atoms with E-state index in [1.807, 2.05) is 32.3 Å². The van der Waals surface area contributed by atoms with Crippen molar-refractivity contribution >= 4 is 11.4 Å². The molecule has 0 atom stereocenters. The second-order valence-corrected chi connectivity index (χ2v) is 7.72. The van der Waals surface area contributed by atoms with Gasteiger partial charge in [0.15, 0.2) is 11.5 Å². The second-order valence-electron chi connectivity index (χ2n) is 7.72. The number of benzene rings is 2. The molecule has 1 N–H and O–H groups in total. The molecule has 1 heterocycles. The van der Waals surface area contributed by atoms with E-state index in [2.05, 4.69) is 34.5 Å². The molecule has 8 nitrogen and oxygen atoms in total. The number of hydrogen-bond acceptors (Lipinski definition) is 8. The van der Waals surface area contributed by atoms with E-state index in [1.165, 1.54) is 5.69 Å². The van der Waals surface area contributed by atoms with Crippen molar-refractivity contribution in [3.05, 3.63) is 48.0 Å². The van der Waals surface area contributed by atoms with Crippen LogP contribution in [0, 0.1) is 0 Å². The van der Waals surface area contributed by atoms with Gasteiger partial charge in [0.25, 0.3) is 0 Å². The maximum Gasteiger partial charge on any atom is 0.161 e. The third kappa shape index (κ3) is 9.47. The van der Waals surface area contributed by atoms with Gasteiger partial charge in [0.1, 0.15) is 13.2 Å². The van der Waals surface area contributed by atoms with E-state index in [4.69, 9.17) is 28.4 Å². The summed E-state index contributed by atoms with van der Waals surface area (Å²) in [7, 11) is 4.06. The van der Waals surface area contributed by atoms with Gasteiger partial charge in [-0.1, -0.05) is 6.07 Å². The Balaban J connectivity index is 1.57. The van der Waals surface area contributed by atoms with Crippen LogP contribution >= 0.6 is 0 Å². The summed E-state index contributed by atoms with van der Waals surface area (Å²) in [4.78, 5) is 2.08. The van der Waals surface area contributed by atoms with Crippen molar-refractivity contribution < 1.29 is 28.4 Å². The first-order valence-electron chi connectivity index (χ1n) is 11.4. The maximum absolute atomic E-state index is 5.98. The molecule has 0 saturated heterocycles. The van der Waals surface area contributed by atoms with Gasteiger partial charge in [0.05, 0.1) is 52.9 Å². The lowest BCUT2D eigenvalue weighted by Crippen LogP contribution is -2.16. The zero-order valence-electron chi connectivity index (χ0n) is 19.7. The molecule has 0 radical (unpaired) electrons. The van der Waals surface area contributed by atoms with Crippen molar-refractivity contribution in [3.8, 4) is 11.5 Å². The molecule has 0 amide bonds. The number of hydrogen-bond donors (Lipinski definition) is 1. The SMILES string of the molecule is CN(C)c1ccc(NCc2ccc3c(c2)OCCOCCOCCOCCOCCO3)cc1. The Bertz CT molecular complexity index is 800. The molecule has 2 aromatic rings. The van der Waals surface area contributed by atoms with E-state index in [0.29, 0.717) is 84.1 Å². The maximum atomic E-state index is 5.98. The number of nitrogens with one attached hydrogen (secondary N) is 1. The van der Waals surface area contributed by atoms with E-state index in [0.717, 1.165) is 11.3 Å². The third-order valence-electron chi connectivity index (χ3n) is 4.97. The minimum atomic E-state index is 0.429. The number of fused-ring (bicyclic) bond motifs is 1. The first-order valence-corrected chi connectivity index (χ1v) is 11.4. The molecular formula is C25H36N2O6. The highest BCUT2D eigenvalue weighted by atomic mass is 16.6. The van der Waals surface area contributed by atoms with Crippen molar-refractivity contribution in [2.75, 3.05) is 90.4 Å². The first kappa shape index (κ1) is 25.1. The number of nitrogens with zero attached hydrogens (tertiary/aromatic N) is 1. The lowest BCUT2D eigenvalue weighted by Gasteiger charge is -2.16. The molecule has 0 fully saturated rings. The minimum absolute atomic E-state index is 0.429. The van der Waals surface area contributed by atoms with Gasteiger partial charge in [0, 0.05) is 32.0 Å². The Morgan fingerprint density at radius 2 is 1.15 bits per heavy atom. The first-order chi connectivity index (χ1) is 16.2. The standard InChI is InChI=1S/C25H36N2O6/c1-27(2)23-6-4-22(5-7-23)26-20-21-3-8-24-25(19-21)33-18-16-31-14-12-29-10-9-28-11-13-30-15-17-32-24/h3-8,19,26H,9-18,20H2,1-2H3. The highest BCUT2D eigenvalue weighted by Gasteiger charge is 2.08. The van der Waals surface area contributed by atoms with E-state index < -0.39 is 0 Å². The molecule has 0 spiro atoms. The minimum Gasteiger partial charge on any atom is -0.487 e. The molecule has 0 bridgehead atoms. The molecule has 1 aliphatic heterocycles. The predicted molar refractivity (Wildman–Crippen MR) is 129 cm³/mol. The van der Waals surface area contributed by atoms with Crippen molar-refractivity contribution in [2.24, 2.45) is 0 Å². The largest absolute Gasteiger partial charge is 0.487 e. The fourth-order valence-electron chi connectivity index (χ4n) is 3.16. The van der Waals surface area contributed by atoms with E-state index >= 15 is 0 Å². The summed E-state index contributed by atoms with van der Waals surface area (Å²) in [5, 5.41) is 3.46. The molecule has 8 heteroatoms. The monoisotopic (exact) mass is 460 g/mol. The van der Waals surface area contributed by atoms with Crippen LogP contribution in [0.25, 0.3) is 0 Å². The average molecular weight is 461 g/mol. The van der Waals surface area contributed by atoms with E-state index in [1.54, 1.807) is 0 Å². The van der Waals surface area contributed by atoms with Gasteiger partial charge in [-0.2, -0.15) is 0 Å². The lowest BCUT2D eigenvalue weighted by molar-refractivity contribution is -0.00842. The number of anilines is 2. The quantitative estimate of drug-likeness (QED) is 0.746. The van der Waals surface area contributed by atoms with Crippen LogP contribution < -0.4 is 19.7 Å². The summed E-state index contributed by atoms with van der Waals surface area (Å²) in [5.41, 5.74) is 3.33. The highest BCUT2D eigenvalue weighted by molar-refractivity contribution is 5.54. The fraction of sp³-hybridized carbons (Fsp3) is 0.520. The zero-order valence-corrected chi connectivity index (χ0v) is 19.7.